The second kappa shape index (κ2) is 12.2. The van der Waals surface area contributed by atoms with Crippen molar-refractivity contribution in [3.8, 4) is 17.2 Å². The minimum atomic E-state index is -4.81. The van der Waals surface area contributed by atoms with Crippen LogP contribution in [-0.2, 0) is 4.74 Å². The first-order chi connectivity index (χ1) is 18.0. The van der Waals surface area contributed by atoms with Crippen molar-refractivity contribution in [2.24, 2.45) is 0 Å². The van der Waals surface area contributed by atoms with Crippen molar-refractivity contribution in [1.29, 1.82) is 0 Å². The number of para-hydroxylation sites is 1. The van der Waals surface area contributed by atoms with Gasteiger partial charge in [-0.2, -0.15) is 13.2 Å². The molecule has 0 saturated carbocycles. The van der Waals surface area contributed by atoms with Crippen LogP contribution in [0.2, 0.25) is 0 Å². The topological polar surface area (TPSA) is 99.1 Å². The quantitative estimate of drug-likeness (QED) is 0.197. The average molecular weight is 534 g/mol. The van der Waals surface area contributed by atoms with Crippen molar-refractivity contribution in [2.75, 3.05) is 0 Å². The molecule has 11 heteroatoms. The highest BCUT2D eigenvalue weighted by Gasteiger charge is 2.42. The Hall–Kier alpha value is -4.41. The summed E-state index contributed by atoms with van der Waals surface area (Å²) >= 11 is 0. The number of carbonyl (C=O) groups is 3. The highest BCUT2D eigenvalue weighted by atomic mass is 19.4. The number of hydrogen-bond acceptors (Lipinski definition) is 7. The summed E-state index contributed by atoms with van der Waals surface area (Å²) in [6.45, 7) is 1.67. The van der Waals surface area contributed by atoms with Gasteiger partial charge in [-0.15, -0.1) is 0 Å². The minimum Gasteiger partial charge on any atom is -0.508 e. The number of halogens is 4. The number of alkyl halides is 3. The predicted molar refractivity (Wildman–Crippen MR) is 126 cm³/mol. The monoisotopic (exact) mass is 534 g/mol. The van der Waals surface area contributed by atoms with Crippen molar-refractivity contribution in [3.63, 3.8) is 0 Å². The second-order valence-electron chi connectivity index (χ2n) is 8.04. The highest BCUT2D eigenvalue weighted by Crippen LogP contribution is 2.29. The van der Waals surface area contributed by atoms with Gasteiger partial charge in [0.25, 0.3) is 0 Å². The van der Waals surface area contributed by atoms with Crippen molar-refractivity contribution in [1.82, 2.24) is 0 Å². The van der Waals surface area contributed by atoms with Gasteiger partial charge >= 0.3 is 24.1 Å². The summed E-state index contributed by atoms with van der Waals surface area (Å²) in [6.07, 6.45) is -7.05. The molecule has 0 aliphatic heterocycles. The molecule has 7 nitrogen and oxygen atoms in total. The molecular weight excluding hydrogens is 512 g/mol. The van der Waals surface area contributed by atoms with Crippen LogP contribution in [0.3, 0.4) is 0 Å². The Morgan fingerprint density at radius 3 is 2.18 bits per heavy atom. The third kappa shape index (κ3) is 7.31. The molecule has 0 aromatic heterocycles. The molecule has 3 rings (SSSR count). The van der Waals surface area contributed by atoms with Crippen LogP contribution < -0.4 is 9.47 Å². The van der Waals surface area contributed by atoms with Crippen LogP contribution in [0.15, 0.2) is 66.7 Å². The van der Waals surface area contributed by atoms with Crippen LogP contribution >= 0.6 is 0 Å². The predicted octanol–water partition coefficient (Wildman–Crippen LogP) is 6.25. The second-order valence-corrected chi connectivity index (χ2v) is 8.04. The fourth-order valence-electron chi connectivity index (χ4n) is 3.24. The number of esters is 3. The molecule has 0 amide bonds. The zero-order chi connectivity index (χ0) is 27.9. The maximum absolute atomic E-state index is 14.6. The van der Waals surface area contributed by atoms with E-state index in [0.29, 0.717) is 12.5 Å². The zero-order valence-electron chi connectivity index (χ0n) is 20.0. The molecule has 1 N–H and O–H groups in total. The largest absolute Gasteiger partial charge is 0.508 e. The molecule has 0 radical (unpaired) electrons. The van der Waals surface area contributed by atoms with Gasteiger partial charge in [-0.25, -0.2) is 18.8 Å². The smallest absolute Gasteiger partial charge is 0.425 e. The maximum atomic E-state index is 14.6. The third-order valence-electron chi connectivity index (χ3n) is 5.22. The lowest BCUT2D eigenvalue weighted by Crippen LogP contribution is -2.34. The van der Waals surface area contributed by atoms with E-state index in [-0.39, 0.29) is 34.8 Å². The molecule has 0 heterocycles. The van der Waals surface area contributed by atoms with Gasteiger partial charge in [-0.05, 0) is 61.4 Å². The van der Waals surface area contributed by atoms with E-state index in [0.717, 1.165) is 12.1 Å². The van der Waals surface area contributed by atoms with E-state index in [2.05, 4.69) is 4.74 Å². The summed E-state index contributed by atoms with van der Waals surface area (Å²) in [5.74, 6) is -5.22. The lowest BCUT2D eigenvalue weighted by molar-refractivity contribution is -0.206. The van der Waals surface area contributed by atoms with E-state index < -0.39 is 48.0 Å². The van der Waals surface area contributed by atoms with Gasteiger partial charge in [0.15, 0.2) is 6.10 Å². The zero-order valence-corrected chi connectivity index (χ0v) is 20.0. The van der Waals surface area contributed by atoms with E-state index in [1.807, 2.05) is 0 Å². The highest BCUT2D eigenvalue weighted by molar-refractivity contribution is 5.97. The van der Waals surface area contributed by atoms with Gasteiger partial charge in [0.2, 0.25) is 0 Å². The number of hydrogen-bond donors (Lipinski definition) is 1. The van der Waals surface area contributed by atoms with E-state index in [1.54, 1.807) is 6.92 Å². The lowest BCUT2D eigenvalue weighted by Gasteiger charge is -2.20. The summed E-state index contributed by atoms with van der Waals surface area (Å²) < 4.78 is 68.8. The molecule has 1 atom stereocenters. The van der Waals surface area contributed by atoms with E-state index in [4.69, 9.17) is 9.47 Å². The molecule has 0 aliphatic carbocycles. The van der Waals surface area contributed by atoms with Gasteiger partial charge in [-0.1, -0.05) is 25.5 Å². The van der Waals surface area contributed by atoms with Gasteiger partial charge < -0.3 is 19.3 Å². The standard InChI is InChI=1S/C27H22F4O7/c1-2-3-8-23(27(29,30)31)38-25(34)19-14-13-18(15-21(19)28)36-26(35)20-6-4-5-7-22(20)37-24(33)16-9-11-17(32)12-10-16/h4-7,9-15,23,32H,2-3,8H2,1H3/t23-/m1/s1. The van der Waals surface area contributed by atoms with Gasteiger partial charge in [-0.3, -0.25) is 0 Å². The fraction of sp³-hybridized carbons (Fsp3) is 0.222. The number of carbonyl (C=O) groups excluding carboxylic acids is 3. The van der Waals surface area contributed by atoms with Crippen LogP contribution in [0.1, 0.15) is 57.3 Å². The molecule has 0 unspecified atom stereocenters. The fourth-order valence-corrected chi connectivity index (χ4v) is 3.24. The number of benzene rings is 3. The Morgan fingerprint density at radius 1 is 0.868 bits per heavy atom. The summed E-state index contributed by atoms with van der Waals surface area (Å²) in [5.41, 5.74) is -0.857. The van der Waals surface area contributed by atoms with Crippen LogP contribution in [0, 0.1) is 5.82 Å². The lowest BCUT2D eigenvalue weighted by atomic mass is 10.1. The summed E-state index contributed by atoms with van der Waals surface area (Å²) in [5, 5.41) is 9.34. The number of unbranched alkanes of at least 4 members (excludes halogenated alkanes) is 1. The molecule has 0 aliphatic rings. The van der Waals surface area contributed by atoms with Gasteiger partial charge in [0.1, 0.15) is 28.6 Å². The molecule has 3 aromatic carbocycles. The van der Waals surface area contributed by atoms with Crippen molar-refractivity contribution < 1.29 is 51.3 Å². The van der Waals surface area contributed by atoms with Crippen LogP contribution in [0.4, 0.5) is 17.6 Å². The van der Waals surface area contributed by atoms with Crippen molar-refractivity contribution in [2.45, 2.75) is 38.5 Å². The molecule has 0 bridgehead atoms. The van der Waals surface area contributed by atoms with Gasteiger partial charge in [0.05, 0.1) is 11.1 Å². The van der Waals surface area contributed by atoms with Crippen molar-refractivity contribution >= 4 is 17.9 Å². The van der Waals surface area contributed by atoms with Crippen LogP contribution in [0.5, 0.6) is 17.2 Å². The van der Waals surface area contributed by atoms with Crippen LogP contribution in [-0.4, -0.2) is 35.3 Å². The molecule has 0 saturated heterocycles. The molecule has 3 aromatic rings. The van der Waals surface area contributed by atoms with Crippen molar-refractivity contribution in [3.05, 3.63) is 89.2 Å². The first-order valence-corrected chi connectivity index (χ1v) is 11.4. The first-order valence-electron chi connectivity index (χ1n) is 11.4. The maximum Gasteiger partial charge on any atom is 0.425 e. The Kier molecular flexibility index (Phi) is 9.06. The van der Waals surface area contributed by atoms with Crippen LogP contribution in [0.25, 0.3) is 0 Å². The molecule has 38 heavy (non-hydrogen) atoms. The summed E-state index contributed by atoms with van der Waals surface area (Å²) in [4.78, 5) is 37.3. The number of aromatic hydroxyl groups is 1. The normalized spacial score (nSPS) is 11.9. The summed E-state index contributed by atoms with van der Waals surface area (Å²) in [7, 11) is 0. The summed E-state index contributed by atoms with van der Waals surface area (Å²) in [6, 6.07) is 13.2. The van der Waals surface area contributed by atoms with Gasteiger partial charge in [0, 0.05) is 6.07 Å². The SMILES string of the molecule is CCCC[C@@H](OC(=O)c1ccc(OC(=O)c2ccccc2OC(=O)c2ccc(O)cc2)cc1F)C(F)(F)F. The Morgan fingerprint density at radius 2 is 1.55 bits per heavy atom. The Bertz CT molecular complexity index is 1300. The Balaban J connectivity index is 1.72. The Labute approximate surface area is 214 Å². The van der Waals surface area contributed by atoms with E-state index in [9.17, 15) is 37.1 Å². The first kappa shape index (κ1) is 28.2. The molecular formula is C27H22F4O7. The number of phenols is 1. The number of phenolic OH excluding ortho intramolecular Hbond substituents is 1. The molecule has 0 spiro atoms. The minimum absolute atomic E-state index is 0.0614. The molecule has 0 fully saturated rings. The number of rotatable bonds is 9. The van der Waals surface area contributed by atoms with E-state index >= 15 is 0 Å². The third-order valence-corrected chi connectivity index (χ3v) is 5.22. The molecule has 200 valence electrons. The van der Waals surface area contributed by atoms with E-state index in [1.165, 1.54) is 48.5 Å². The number of ether oxygens (including phenoxy) is 3. The average Bonchev–Trinajstić information content (AvgIpc) is 2.86.